The number of hydrogen-bond donors (Lipinski definition) is 2. The Bertz CT molecular complexity index is 1150. The van der Waals surface area contributed by atoms with Crippen LogP contribution in [0.2, 0.25) is 5.02 Å². The molecule has 1 aliphatic carbocycles. The van der Waals surface area contributed by atoms with Gasteiger partial charge in [-0.05, 0) is 54.7 Å². The Balaban J connectivity index is 1.16. The number of piperazine rings is 1. The molecule has 0 radical (unpaired) electrons. The van der Waals surface area contributed by atoms with Crippen molar-refractivity contribution in [2.45, 2.75) is 44.2 Å². The maximum atomic E-state index is 12.9. The number of anilines is 2. The molecule has 3 unspecified atom stereocenters. The van der Waals surface area contributed by atoms with E-state index >= 15 is 0 Å². The van der Waals surface area contributed by atoms with Gasteiger partial charge < -0.3 is 24.8 Å². The molecule has 4 aliphatic rings. The first kappa shape index (κ1) is 24.4. The van der Waals surface area contributed by atoms with Crippen LogP contribution in [0, 0.1) is 11.3 Å². The topological polar surface area (TPSA) is 87.2 Å². The number of aliphatic hydroxyl groups excluding tert-OH is 1. The number of aromatic nitrogens is 1. The van der Waals surface area contributed by atoms with Crippen LogP contribution >= 0.6 is 11.6 Å². The molecule has 4 heterocycles. The minimum Gasteiger partial charge on any atom is -0.389 e. The zero-order valence-electron chi connectivity index (χ0n) is 20.8. The number of fused-ring (bicyclic) bond motifs is 1. The predicted molar refractivity (Wildman–Crippen MR) is 140 cm³/mol. The molecule has 8 nitrogen and oxygen atoms in total. The highest BCUT2D eigenvalue weighted by Crippen LogP contribution is 2.59. The normalized spacial score (nSPS) is 30.1. The van der Waals surface area contributed by atoms with Gasteiger partial charge in [0.2, 0.25) is 5.91 Å². The summed E-state index contributed by atoms with van der Waals surface area (Å²) in [4.78, 5) is 22.1. The SMILES string of the molecule is CCC1(N2CCN(c3cc4cc(NC(=O)C5CC56CCOCC6)ncc4cc3Cl)CC2)COCC1O. The van der Waals surface area contributed by atoms with Crippen LogP contribution in [-0.4, -0.2) is 85.1 Å². The molecule has 36 heavy (non-hydrogen) atoms. The van der Waals surface area contributed by atoms with Crippen molar-refractivity contribution in [3.05, 3.63) is 29.4 Å². The van der Waals surface area contributed by atoms with Gasteiger partial charge in [-0.2, -0.15) is 0 Å². The molecule has 9 heteroatoms. The molecule has 3 atom stereocenters. The average molecular weight is 515 g/mol. The molecular weight excluding hydrogens is 480 g/mol. The third-order valence-corrected chi connectivity index (χ3v) is 9.45. The Kier molecular flexibility index (Phi) is 6.37. The van der Waals surface area contributed by atoms with E-state index in [1.165, 1.54) is 0 Å². The van der Waals surface area contributed by atoms with Crippen LogP contribution in [0.5, 0.6) is 0 Å². The van der Waals surface area contributed by atoms with E-state index < -0.39 is 6.10 Å². The number of aliphatic hydroxyl groups is 1. The molecule has 4 fully saturated rings. The number of rotatable bonds is 5. The highest BCUT2D eigenvalue weighted by Gasteiger charge is 2.58. The summed E-state index contributed by atoms with van der Waals surface area (Å²) in [7, 11) is 0. The summed E-state index contributed by atoms with van der Waals surface area (Å²) in [6.07, 6.45) is 5.08. The standard InChI is InChI=1S/C27H35ClN4O4/c1-2-27(17-36-16-23(27)33)32-7-5-31(6-8-32)22-12-18-13-24(29-15-19(18)11-21(22)28)30-25(34)20-14-26(20)3-9-35-10-4-26/h11-13,15,20,23,33H,2-10,14,16-17H2,1H3,(H,29,30,34). The second-order valence-corrected chi connectivity index (χ2v) is 11.3. The van der Waals surface area contributed by atoms with Crippen LogP contribution in [0.25, 0.3) is 10.8 Å². The van der Waals surface area contributed by atoms with E-state index in [0.717, 1.165) is 81.5 Å². The Labute approximate surface area is 216 Å². The molecule has 1 aromatic heterocycles. The van der Waals surface area contributed by atoms with E-state index in [-0.39, 0.29) is 22.8 Å². The molecule has 2 aromatic rings. The van der Waals surface area contributed by atoms with E-state index in [1.54, 1.807) is 6.20 Å². The van der Waals surface area contributed by atoms with Crippen molar-refractivity contribution in [2.75, 3.05) is 62.8 Å². The van der Waals surface area contributed by atoms with Gasteiger partial charge in [0.25, 0.3) is 0 Å². The van der Waals surface area contributed by atoms with E-state index in [1.807, 2.05) is 12.1 Å². The molecule has 6 rings (SSSR count). The number of pyridine rings is 1. The van der Waals surface area contributed by atoms with Crippen LogP contribution < -0.4 is 10.2 Å². The third kappa shape index (κ3) is 4.17. The van der Waals surface area contributed by atoms with Crippen molar-refractivity contribution in [3.63, 3.8) is 0 Å². The zero-order valence-corrected chi connectivity index (χ0v) is 21.6. The fraction of sp³-hybridized carbons (Fsp3) is 0.630. The van der Waals surface area contributed by atoms with Crippen LogP contribution in [0.3, 0.4) is 0 Å². The molecule has 3 saturated heterocycles. The minimum absolute atomic E-state index is 0.0613. The van der Waals surface area contributed by atoms with Crippen molar-refractivity contribution < 1.29 is 19.4 Å². The smallest absolute Gasteiger partial charge is 0.229 e. The number of amides is 1. The summed E-state index contributed by atoms with van der Waals surface area (Å²) in [5.74, 6) is 0.711. The summed E-state index contributed by atoms with van der Waals surface area (Å²) < 4.78 is 11.1. The first-order valence-electron chi connectivity index (χ1n) is 13.2. The van der Waals surface area contributed by atoms with Gasteiger partial charge in [0, 0.05) is 56.9 Å². The first-order valence-corrected chi connectivity index (χ1v) is 13.6. The lowest BCUT2D eigenvalue weighted by Crippen LogP contribution is -2.62. The van der Waals surface area contributed by atoms with Crippen LogP contribution in [0.1, 0.15) is 32.6 Å². The number of nitrogens with zero attached hydrogens (tertiary/aromatic N) is 3. The highest BCUT2D eigenvalue weighted by atomic mass is 35.5. The maximum Gasteiger partial charge on any atom is 0.229 e. The number of halogens is 1. The number of carbonyl (C=O) groups excluding carboxylic acids is 1. The van der Waals surface area contributed by atoms with Gasteiger partial charge in [0.15, 0.2) is 0 Å². The van der Waals surface area contributed by atoms with E-state index in [9.17, 15) is 9.90 Å². The minimum atomic E-state index is -0.448. The van der Waals surface area contributed by atoms with E-state index in [4.69, 9.17) is 21.1 Å². The number of nitrogens with one attached hydrogen (secondary N) is 1. The van der Waals surface area contributed by atoms with Crippen molar-refractivity contribution >= 4 is 39.8 Å². The van der Waals surface area contributed by atoms with Gasteiger partial charge in [-0.3, -0.25) is 9.69 Å². The Morgan fingerprint density at radius 3 is 2.64 bits per heavy atom. The molecular formula is C27H35ClN4O4. The monoisotopic (exact) mass is 514 g/mol. The van der Waals surface area contributed by atoms with E-state index in [2.05, 4.69) is 33.1 Å². The lowest BCUT2D eigenvalue weighted by Gasteiger charge is -2.47. The summed E-state index contributed by atoms with van der Waals surface area (Å²) in [5, 5.41) is 16.3. The molecule has 1 saturated carbocycles. The molecule has 1 aromatic carbocycles. The average Bonchev–Trinajstić information content (AvgIpc) is 3.45. The fourth-order valence-electron chi connectivity index (χ4n) is 6.58. The van der Waals surface area contributed by atoms with Crippen LogP contribution in [0.4, 0.5) is 11.5 Å². The first-order chi connectivity index (χ1) is 17.4. The second kappa shape index (κ2) is 9.40. The van der Waals surface area contributed by atoms with Crippen molar-refractivity contribution in [1.29, 1.82) is 0 Å². The predicted octanol–water partition coefficient (Wildman–Crippen LogP) is 3.31. The molecule has 2 N–H and O–H groups in total. The molecule has 3 aliphatic heterocycles. The van der Waals surface area contributed by atoms with Gasteiger partial charge >= 0.3 is 0 Å². The summed E-state index contributed by atoms with van der Waals surface area (Å²) in [6.45, 7) is 7.95. The number of benzene rings is 1. The molecule has 0 bridgehead atoms. The Morgan fingerprint density at radius 1 is 1.17 bits per heavy atom. The summed E-state index contributed by atoms with van der Waals surface area (Å²) in [6, 6.07) is 6.00. The van der Waals surface area contributed by atoms with Gasteiger partial charge in [0.05, 0.1) is 35.6 Å². The fourth-order valence-corrected chi connectivity index (χ4v) is 6.87. The third-order valence-electron chi connectivity index (χ3n) is 9.14. The summed E-state index contributed by atoms with van der Waals surface area (Å²) in [5.41, 5.74) is 0.839. The second-order valence-electron chi connectivity index (χ2n) is 10.9. The Morgan fingerprint density at radius 2 is 1.94 bits per heavy atom. The number of carbonyl (C=O) groups is 1. The number of hydrogen-bond acceptors (Lipinski definition) is 7. The van der Waals surface area contributed by atoms with Crippen molar-refractivity contribution in [2.24, 2.45) is 11.3 Å². The van der Waals surface area contributed by atoms with Crippen molar-refractivity contribution in [1.82, 2.24) is 9.88 Å². The summed E-state index contributed by atoms with van der Waals surface area (Å²) >= 11 is 6.71. The zero-order chi connectivity index (χ0) is 24.9. The van der Waals surface area contributed by atoms with Gasteiger partial charge in [-0.15, -0.1) is 0 Å². The largest absolute Gasteiger partial charge is 0.389 e. The Hall–Kier alpha value is -1.97. The quantitative estimate of drug-likeness (QED) is 0.633. The number of ether oxygens (including phenoxy) is 2. The van der Waals surface area contributed by atoms with Crippen molar-refractivity contribution in [3.8, 4) is 0 Å². The lowest BCUT2D eigenvalue weighted by molar-refractivity contribution is -0.118. The molecule has 1 amide bonds. The highest BCUT2D eigenvalue weighted by molar-refractivity contribution is 6.34. The maximum absolute atomic E-state index is 12.9. The van der Waals surface area contributed by atoms with Crippen LogP contribution in [0.15, 0.2) is 24.4 Å². The van der Waals surface area contributed by atoms with Gasteiger partial charge in [-0.25, -0.2) is 4.98 Å². The lowest BCUT2D eigenvalue weighted by atomic mass is 9.89. The molecule has 194 valence electrons. The van der Waals surface area contributed by atoms with E-state index in [0.29, 0.717) is 24.1 Å². The molecule has 1 spiro atoms. The van der Waals surface area contributed by atoms with Gasteiger partial charge in [-0.1, -0.05) is 18.5 Å². The van der Waals surface area contributed by atoms with Crippen LogP contribution in [-0.2, 0) is 14.3 Å². The van der Waals surface area contributed by atoms with Gasteiger partial charge in [0.1, 0.15) is 5.82 Å².